The minimum Gasteiger partial charge on any atom is -0.493 e. The molecule has 5 nitrogen and oxygen atoms in total. The zero-order chi connectivity index (χ0) is 18.2. The van der Waals surface area contributed by atoms with Gasteiger partial charge in [0, 0.05) is 5.69 Å². The first-order valence-electron chi connectivity index (χ1n) is 7.88. The third-order valence-corrected chi connectivity index (χ3v) is 3.56. The van der Waals surface area contributed by atoms with E-state index in [0.717, 1.165) is 5.56 Å². The zero-order valence-electron chi connectivity index (χ0n) is 14.5. The second-order valence-electron chi connectivity index (χ2n) is 5.28. The number of ether oxygens (including phenoxy) is 2. The van der Waals surface area contributed by atoms with Gasteiger partial charge in [-0.25, -0.2) is 0 Å². The van der Waals surface area contributed by atoms with Crippen LogP contribution >= 0.6 is 0 Å². The van der Waals surface area contributed by atoms with E-state index in [-0.39, 0.29) is 5.57 Å². The molecule has 0 unspecified atom stereocenters. The Morgan fingerprint density at radius 2 is 2.00 bits per heavy atom. The summed E-state index contributed by atoms with van der Waals surface area (Å²) in [6.07, 6.45) is 1.52. The third kappa shape index (κ3) is 4.61. The fourth-order valence-corrected chi connectivity index (χ4v) is 2.27. The summed E-state index contributed by atoms with van der Waals surface area (Å²) in [6.45, 7) is 4.25. The first kappa shape index (κ1) is 18.1. The summed E-state index contributed by atoms with van der Waals surface area (Å²) in [5.41, 5.74) is 2.30. The molecule has 0 aliphatic heterocycles. The summed E-state index contributed by atoms with van der Waals surface area (Å²) in [7, 11) is 1.56. The number of methoxy groups -OCH3 is 1. The molecule has 0 spiro atoms. The number of carbonyl (C=O) groups excluding carboxylic acids is 1. The van der Waals surface area contributed by atoms with Gasteiger partial charge in [-0.15, -0.1) is 0 Å². The summed E-state index contributed by atoms with van der Waals surface area (Å²) in [6, 6.07) is 14.6. The monoisotopic (exact) mass is 336 g/mol. The van der Waals surface area contributed by atoms with Crippen LogP contribution in [0.4, 0.5) is 5.69 Å². The van der Waals surface area contributed by atoms with Crippen LogP contribution in [0.2, 0.25) is 0 Å². The highest BCUT2D eigenvalue weighted by molar-refractivity contribution is 6.10. The van der Waals surface area contributed by atoms with Gasteiger partial charge < -0.3 is 14.8 Å². The van der Waals surface area contributed by atoms with E-state index in [1.807, 2.05) is 38.1 Å². The molecule has 0 saturated carbocycles. The molecule has 0 fully saturated rings. The maximum atomic E-state index is 12.4. The van der Waals surface area contributed by atoms with Crippen LogP contribution < -0.4 is 14.8 Å². The highest BCUT2D eigenvalue weighted by atomic mass is 16.5. The van der Waals surface area contributed by atoms with Crippen LogP contribution in [0.5, 0.6) is 11.5 Å². The van der Waals surface area contributed by atoms with Crippen molar-refractivity contribution in [3.8, 4) is 17.6 Å². The van der Waals surface area contributed by atoms with E-state index in [0.29, 0.717) is 29.4 Å². The molecular weight excluding hydrogens is 316 g/mol. The lowest BCUT2D eigenvalue weighted by Crippen LogP contribution is -2.14. The maximum Gasteiger partial charge on any atom is 0.266 e. The molecular formula is C20H20N2O3. The molecule has 1 N–H and O–H groups in total. The van der Waals surface area contributed by atoms with Crippen LogP contribution in [0.1, 0.15) is 18.1 Å². The Kier molecular flexibility index (Phi) is 6.19. The average Bonchev–Trinajstić information content (AvgIpc) is 2.62. The molecule has 0 radical (unpaired) electrons. The van der Waals surface area contributed by atoms with E-state index < -0.39 is 5.91 Å². The normalized spacial score (nSPS) is 10.7. The number of nitriles is 1. The Hall–Kier alpha value is -3.26. The van der Waals surface area contributed by atoms with Crippen LogP contribution in [0.3, 0.4) is 0 Å². The largest absolute Gasteiger partial charge is 0.493 e. The molecule has 0 aromatic heterocycles. The molecule has 2 rings (SSSR count). The smallest absolute Gasteiger partial charge is 0.266 e. The Morgan fingerprint density at radius 3 is 2.64 bits per heavy atom. The first-order valence-corrected chi connectivity index (χ1v) is 7.88. The number of hydrogen-bond acceptors (Lipinski definition) is 4. The van der Waals surface area contributed by atoms with Gasteiger partial charge in [0.25, 0.3) is 5.91 Å². The SMILES string of the molecule is CCOc1cc(/C=C(\C#N)C(=O)Nc2ccccc2C)ccc1OC. The van der Waals surface area contributed by atoms with Crippen LogP contribution in [-0.2, 0) is 4.79 Å². The molecule has 0 heterocycles. The number of hydrogen-bond donors (Lipinski definition) is 1. The fourth-order valence-electron chi connectivity index (χ4n) is 2.27. The summed E-state index contributed by atoms with van der Waals surface area (Å²) in [4.78, 5) is 12.4. The summed E-state index contributed by atoms with van der Waals surface area (Å²) >= 11 is 0. The third-order valence-electron chi connectivity index (χ3n) is 3.56. The molecule has 5 heteroatoms. The lowest BCUT2D eigenvalue weighted by atomic mass is 10.1. The molecule has 0 saturated heterocycles. The van der Waals surface area contributed by atoms with Gasteiger partial charge in [-0.2, -0.15) is 5.26 Å². The van der Waals surface area contributed by atoms with Crippen LogP contribution in [0.15, 0.2) is 48.0 Å². The van der Waals surface area contributed by atoms with E-state index in [9.17, 15) is 10.1 Å². The molecule has 25 heavy (non-hydrogen) atoms. The number of benzene rings is 2. The lowest BCUT2D eigenvalue weighted by molar-refractivity contribution is -0.112. The van der Waals surface area contributed by atoms with Gasteiger partial charge in [-0.05, 0) is 49.2 Å². The summed E-state index contributed by atoms with van der Waals surface area (Å²) in [5, 5.41) is 12.1. The van der Waals surface area contributed by atoms with E-state index in [2.05, 4.69) is 5.32 Å². The molecule has 1 amide bonds. The lowest BCUT2D eigenvalue weighted by Gasteiger charge is -2.10. The number of nitrogens with zero attached hydrogens (tertiary/aromatic N) is 1. The molecule has 0 aliphatic carbocycles. The number of rotatable bonds is 6. The number of nitrogens with one attached hydrogen (secondary N) is 1. The van der Waals surface area contributed by atoms with Gasteiger partial charge in [0.1, 0.15) is 11.6 Å². The second kappa shape index (κ2) is 8.55. The summed E-state index contributed by atoms with van der Waals surface area (Å²) < 4.78 is 10.8. The van der Waals surface area contributed by atoms with E-state index in [4.69, 9.17) is 9.47 Å². The zero-order valence-corrected chi connectivity index (χ0v) is 14.5. The first-order chi connectivity index (χ1) is 12.1. The van der Waals surface area contributed by atoms with Crippen molar-refractivity contribution in [2.75, 3.05) is 19.0 Å². The van der Waals surface area contributed by atoms with Gasteiger partial charge in [0.2, 0.25) is 0 Å². The Bertz CT molecular complexity index is 835. The van der Waals surface area contributed by atoms with Crippen LogP contribution in [-0.4, -0.2) is 19.6 Å². The van der Waals surface area contributed by atoms with Gasteiger partial charge >= 0.3 is 0 Å². The molecule has 128 valence electrons. The van der Waals surface area contributed by atoms with Crippen LogP contribution in [0.25, 0.3) is 6.08 Å². The summed E-state index contributed by atoms with van der Waals surface area (Å²) in [5.74, 6) is 0.711. The number of amides is 1. The molecule has 2 aromatic rings. The van der Waals surface area contributed by atoms with E-state index >= 15 is 0 Å². The topological polar surface area (TPSA) is 71.3 Å². The Balaban J connectivity index is 2.28. The van der Waals surface area contributed by atoms with Gasteiger partial charge in [0.15, 0.2) is 11.5 Å². The molecule has 0 bridgehead atoms. The van der Waals surface area contributed by atoms with Crippen molar-refractivity contribution >= 4 is 17.7 Å². The Labute approximate surface area is 147 Å². The van der Waals surface area contributed by atoms with E-state index in [1.54, 1.807) is 31.4 Å². The Morgan fingerprint density at radius 1 is 1.24 bits per heavy atom. The van der Waals surface area contributed by atoms with Crippen molar-refractivity contribution in [1.82, 2.24) is 0 Å². The van der Waals surface area contributed by atoms with Crippen molar-refractivity contribution in [3.05, 3.63) is 59.2 Å². The molecule has 0 atom stereocenters. The van der Waals surface area contributed by atoms with Crippen molar-refractivity contribution in [3.63, 3.8) is 0 Å². The standard InChI is InChI=1S/C20H20N2O3/c1-4-25-19-12-15(9-10-18(19)24-3)11-16(13-21)20(23)22-17-8-6-5-7-14(17)2/h5-12H,4H2,1-3H3,(H,22,23)/b16-11+. The minimum atomic E-state index is -0.453. The quantitative estimate of drug-likeness (QED) is 0.640. The highest BCUT2D eigenvalue weighted by Gasteiger charge is 2.12. The van der Waals surface area contributed by atoms with Crippen molar-refractivity contribution in [2.24, 2.45) is 0 Å². The molecule has 2 aromatic carbocycles. The highest BCUT2D eigenvalue weighted by Crippen LogP contribution is 2.29. The predicted molar refractivity (Wildman–Crippen MR) is 97.6 cm³/mol. The minimum absolute atomic E-state index is 0.0101. The maximum absolute atomic E-state index is 12.4. The number of para-hydroxylation sites is 1. The fraction of sp³-hybridized carbons (Fsp3) is 0.200. The number of aryl methyl sites for hydroxylation is 1. The van der Waals surface area contributed by atoms with Crippen molar-refractivity contribution in [1.29, 1.82) is 5.26 Å². The average molecular weight is 336 g/mol. The van der Waals surface area contributed by atoms with Crippen molar-refractivity contribution in [2.45, 2.75) is 13.8 Å². The molecule has 0 aliphatic rings. The predicted octanol–water partition coefficient (Wildman–Crippen LogP) is 3.95. The van der Waals surface area contributed by atoms with Gasteiger partial charge in [0.05, 0.1) is 13.7 Å². The van der Waals surface area contributed by atoms with Crippen molar-refractivity contribution < 1.29 is 14.3 Å². The van der Waals surface area contributed by atoms with Gasteiger partial charge in [-0.1, -0.05) is 24.3 Å². The number of anilines is 1. The second-order valence-corrected chi connectivity index (χ2v) is 5.28. The van der Waals surface area contributed by atoms with Crippen LogP contribution in [0, 0.1) is 18.3 Å². The van der Waals surface area contributed by atoms with E-state index in [1.165, 1.54) is 6.08 Å². The van der Waals surface area contributed by atoms with Gasteiger partial charge in [-0.3, -0.25) is 4.79 Å². The number of carbonyl (C=O) groups is 1.